The van der Waals surface area contributed by atoms with E-state index < -0.39 is 0 Å². The number of hydrogen-bond acceptors (Lipinski definition) is 2. The Labute approximate surface area is 94.4 Å². The second-order valence-corrected chi connectivity index (χ2v) is 5.73. The molecule has 15 heavy (non-hydrogen) atoms. The molecular formula is C13H26N2. The van der Waals surface area contributed by atoms with Crippen LogP contribution in [0, 0.1) is 11.8 Å². The molecule has 1 saturated carbocycles. The lowest BCUT2D eigenvalue weighted by Crippen LogP contribution is -2.42. The lowest BCUT2D eigenvalue weighted by Gasteiger charge is -2.38. The van der Waals surface area contributed by atoms with Crippen molar-refractivity contribution in [3.63, 3.8) is 0 Å². The lowest BCUT2D eigenvalue weighted by atomic mass is 9.79. The van der Waals surface area contributed by atoms with Crippen molar-refractivity contribution in [2.75, 3.05) is 20.1 Å². The molecule has 2 fully saturated rings. The van der Waals surface area contributed by atoms with Crippen LogP contribution in [0.15, 0.2) is 0 Å². The minimum atomic E-state index is 0.747. The normalized spacial score (nSPS) is 43.4. The maximum atomic E-state index is 3.41. The summed E-state index contributed by atoms with van der Waals surface area (Å²) < 4.78 is 0. The quantitative estimate of drug-likeness (QED) is 0.751. The number of nitrogens with zero attached hydrogens (tertiary/aromatic N) is 1. The first-order valence-corrected chi connectivity index (χ1v) is 6.62. The van der Waals surface area contributed by atoms with Crippen LogP contribution < -0.4 is 5.32 Å². The van der Waals surface area contributed by atoms with Crippen LogP contribution >= 0.6 is 0 Å². The van der Waals surface area contributed by atoms with E-state index in [1.54, 1.807) is 0 Å². The van der Waals surface area contributed by atoms with Crippen molar-refractivity contribution in [2.45, 2.75) is 51.6 Å². The summed E-state index contributed by atoms with van der Waals surface area (Å²) in [5.74, 6) is 1.86. The summed E-state index contributed by atoms with van der Waals surface area (Å²) >= 11 is 0. The van der Waals surface area contributed by atoms with Gasteiger partial charge in [0.25, 0.3) is 0 Å². The molecule has 1 saturated heterocycles. The fraction of sp³-hybridized carbons (Fsp3) is 1.00. The Morgan fingerprint density at radius 3 is 2.53 bits per heavy atom. The second kappa shape index (κ2) is 4.84. The molecule has 4 unspecified atom stereocenters. The number of rotatable bonds is 2. The average Bonchev–Trinajstić information content (AvgIpc) is 2.66. The fourth-order valence-electron chi connectivity index (χ4n) is 3.52. The summed E-state index contributed by atoms with van der Waals surface area (Å²) in [5, 5.41) is 3.41. The standard InChI is InChI=1S/C13H26N2/c1-10-4-5-13(11(2)8-10)15-7-6-12(9-15)14-3/h10-14H,4-9H2,1-3H3. The van der Waals surface area contributed by atoms with Gasteiger partial charge in [0.2, 0.25) is 0 Å². The number of likely N-dealkylation sites (N-methyl/N-ethyl adjacent to an activating group) is 1. The average molecular weight is 210 g/mol. The topological polar surface area (TPSA) is 15.3 Å². The van der Waals surface area contributed by atoms with E-state index in [0.717, 1.165) is 23.9 Å². The smallest absolute Gasteiger partial charge is 0.0204 e. The molecule has 0 spiro atoms. The van der Waals surface area contributed by atoms with Gasteiger partial charge in [-0.05, 0) is 44.6 Å². The van der Waals surface area contributed by atoms with E-state index in [4.69, 9.17) is 0 Å². The first kappa shape index (κ1) is 11.4. The van der Waals surface area contributed by atoms with Crippen LogP contribution in [0.25, 0.3) is 0 Å². The minimum absolute atomic E-state index is 0.747. The van der Waals surface area contributed by atoms with Crippen LogP contribution in [-0.2, 0) is 0 Å². The van der Waals surface area contributed by atoms with Crippen LogP contribution in [-0.4, -0.2) is 37.1 Å². The number of likely N-dealkylation sites (tertiary alicyclic amines) is 1. The summed E-state index contributed by atoms with van der Waals surface area (Å²) in [5.41, 5.74) is 0. The first-order chi connectivity index (χ1) is 7.20. The summed E-state index contributed by atoms with van der Waals surface area (Å²) in [6.45, 7) is 7.45. The molecule has 0 radical (unpaired) electrons. The largest absolute Gasteiger partial charge is 0.316 e. The van der Waals surface area contributed by atoms with Gasteiger partial charge in [-0.3, -0.25) is 4.90 Å². The summed E-state index contributed by atoms with van der Waals surface area (Å²) in [4.78, 5) is 2.73. The predicted molar refractivity (Wildman–Crippen MR) is 65.0 cm³/mol. The molecule has 1 aliphatic carbocycles. The van der Waals surface area contributed by atoms with E-state index in [1.165, 1.54) is 38.8 Å². The predicted octanol–water partition coefficient (Wildman–Crippen LogP) is 2.10. The summed E-state index contributed by atoms with van der Waals surface area (Å²) in [6.07, 6.45) is 5.65. The maximum absolute atomic E-state index is 3.41. The highest BCUT2D eigenvalue weighted by molar-refractivity contribution is 4.89. The van der Waals surface area contributed by atoms with Gasteiger partial charge in [0.1, 0.15) is 0 Å². The number of hydrogen-bond donors (Lipinski definition) is 1. The van der Waals surface area contributed by atoms with Gasteiger partial charge in [0, 0.05) is 25.2 Å². The Kier molecular flexibility index (Phi) is 3.68. The molecule has 2 aliphatic rings. The third kappa shape index (κ3) is 2.54. The molecule has 1 aliphatic heterocycles. The molecule has 0 aromatic heterocycles. The molecule has 0 bridgehead atoms. The van der Waals surface area contributed by atoms with Crippen LogP contribution in [0.3, 0.4) is 0 Å². The highest BCUT2D eigenvalue weighted by atomic mass is 15.2. The van der Waals surface area contributed by atoms with Gasteiger partial charge in [0.15, 0.2) is 0 Å². The van der Waals surface area contributed by atoms with E-state index in [9.17, 15) is 0 Å². The van der Waals surface area contributed by atoms with Gasteiger partial charge in [-0.25, -0.2) is 0 Å². The van der Waals surface area contributed by atoms with Gasteiger partial charge in [-0.15, -0.1) is 0 Å². The van der Waals surface area contributed by atoms with Crippen molar-refractivity contribution in [1.29, 1.82) is 0 Å². The molecule has 0 aromatic rings. The zero-order valence-corrected chi connectivity index (χ0v) is 10.5. The van der Waals surface area contributed by atoms with E-state index in [0.29, 0.717) is 0 Å². The third-order valence-electron chi connectivity index (χ3n) is 4.48. The highest BCUT2D eigenvalue weighted by Gasteiger charge is 2.33. The van der Waals surface area contributed by atoms with E-state index in [-0.39, 0.29) is 0 Å². The third-order valence-corrected chi connectivity index (χ3v) is 4.48. The van der Waals surface area contributed by atoms with Crippen molar-refractivity contribution < 1.29 is 0 Å². The van der Waals surface area contributed by atoms with Crippen molar-refractivity contribution in [3.8, 4) is 0 Å². The highest BCUT2D eigenvalue weighted by Crippen LogP contribution is 2.33. The number of nitrogens with one attached hydrogen (secondary N) is 1. The van der Waals surface area contributed by atoms with Crippen LogP contribution in [0.4, 0.5) is 0 Å². The Morgan fingerprint density at radius 2 is 1.93 bits per heavy atom. The first-order valence-electron chi connectivity index (χ1n) is 6.62. The molecule has 2 heteroatoms. The molecule has 4 atom stereocenters. The fourth-order valence-corrected chi connectivity index (χ4v) is 3.52. The molecule has 0 amide bonds. The SMILES string of the molecule is CNC1CCN(C2CCC(C)CC2C)C1. The van der Waals surface area contributed by atoms with Crippen molar-refractivity contribution in [1.82, 2.24) is 10.2 Å². The molecule has 0 aromatic carbocycles. The van der Waals surface area contributed by atoms with Crippen LogP contribution in [0.5, 0.6) is 0 Å². The Balaban J connectivity index is 1.88. The van der Waals surface area contributed by atoms with Gasteiger partial charge < -0.3 is 5.32 Å². The van der Waals surface area contributed by atoms with Crippen LogP contribution in [0.2, 0.25) is 0 Å². The molecular weight excluding hydrogens is 184 g/mol. The van der Waals surface area contributed by atoms with Gasteiger partial charge in [-0.1, -0.05) is 13.8 Å². The Hall–Kier alpha value is -0.0800. The zero-order valence-electron chi connectivity index (χ0n) is 10.5. The minimum Gasteiger partial charge on any atom is -0.316 e. The second-order valence-electron chi connectivity index (χ2n) is 5.73. The van der Waals surface area contributed by atoms with Gasteiger partial charge in [0.05, 0.1) is 0 Å². The van der Waals surface area contributed by atoms with Crippen molar-refractivity contribution in [2.24, 2.45) is 11.8 Å². The molecule has 2 rings (SSSR count). The molecule has 2 nitrogen and oxygen atoms in total. The lowest BCUT2D eigenvalue weighted by molar-refractivity contribution is 0.114. The molecule has 1 heterocycles. The van der Waals surface area contributed by atoms with Crippen molar-refractivity contribution in [3.05, 3.63) is 0 Å². The van der Waals surface area contributed by atoms with Crippen LogP contribution in [0.1, 0.15) is 39.5 Å². The van der Waals surface area contributed by atoms with Crippen molar-refractivity contribution >= 4 is 0 Å². The Morgan fingerprint density at radius 1 is 1.13 bits per heavy atom. The monoisotopic (exact) mass is 210 g/mol. The van der Waals surface area contributed by atoms with Gasteiger partial charge >= 0.3 is 0 Å². The maximum Gasteiger partial charge on any atom is 0.0204 e. The summed E-state index contributed by atoms with van der Waals surface area (Å²) in [7, 11) is 2.10. The zero-order chi connectivity index (χ0) is 10.8. The summed E-state index contributed by atoms with van der Waals surface area (Å²) in [6, 6.07) is 1.62. The van der Waals surface area contributed by atoms with E-state index in [1.807, 2.05) is 0 Å². The van der Waals surface area contributed by atoms with Gasteiger partial charge in [-0.2, -0.15) is 0 Å². The van der Waals surface area contributed by atoms with E-state index >= 15 is 0 Å². The Bertz CT molecular complexity index is 205. The van der Waals surface area contributed by atoms with E-state index in [2.05, 4.69) is 31.1 Å². The molecule has 88 valence electrons. The molecule has 1 N–H and O–H groups in total.